The van der Waals surface area contributed by atoms with Crippen LogP contribution in [0.2, 0.25) is 0 Å². The van der Waals surface area contributed by atoms with E-state index in [2.05, 4.69) is 46.6 Å². The second-order valence-electron chi connectivity index (χ2n) is 6.72. The van der Waals surface area contributed by atoms with Gasteiger partial charge in [0.15, 0.2) is 17.4 Å². The third-order valence-electron chi connectivity index (χ3n) is 4.88. The molecule has 1 fully saturated rings. The lowest BCUT2D eigenvalue weighted by Gasteiger charge is -2.51. The summed E-state index contributed by atoms with van der Waals surface area (Å²) in [5.41, 5.74) is 0.927. The molecule has 2 atom stereocenters. The fourth-order valence-electron chi connectivity index (χ4n) is 3.16. The highest BCUT2D eigenvalue weighted by molar-refractivity contribution is 14.0. The van der Waals surface area contributed by atoms with Crippen molar-refractivity contribution in [2.75, 3.05) is 13.7 Å². The van der Waals surface area contributed by atoms with Crippen molar-refractivity contribution in [3.63, 3.8) is 0 Å². The Morgan fingerprint density at radius 3 is 2.88 bits per heavy atom. The van der Waals surface area contributed by atoms with Crippen LogP contribution in [0.4, 0.5) is 0 Å². The molecule has 2 unspecified atom stereocenters. The van der Waals surface area contributed by atoms with E-state index in [1.165, 1.54) is 0 Å². The summed E-state index contributed by atoms with van der Waals surface area (Å²) >= 11 is 0. The monoisotopic (exact) mass is 458 g/mol. The van der Waals surface area contributed by atoms with Gasteiger partial charge < -0.3 is 15.4 Å². The van der Waals surface area contributed by atoms with Crippen LogP contribution < -0.4 is 10.6 Å². The molecular formula is C17H27IN6O. The molecule has 0 spiro atoms. The number of ether oxygens (including phenoxy) is 1. The van der Waals surface area contributed by atoms with Crippen LogP contribution in [0.25, 0.3) is 5.65 Å². The Morgan fingerprint density at radius 1 is 1.40 bits per heavy atom. The van der Waals surface area contributed by atoms with Gasteiger partial charge in [0, 0.05) is 31.3 Å². The molecule has 0 aromatic carbocycles. The maximum atomic E-state index is 5.52. The quantitative estimate of drug-likeness (QED) is 0.409. The zero-order valence-electron chi connectivity index (χ0n) is 15.2. The average Bonchev–Trinajstić information content (AvgIpc) is 2.99. The van der Waals surface area contributed by atoms with E-state index in [0.29, 0.717) is 18.7 Å². The van der Waals surface area contributed by atoms with Crippen molar-refractivity contribution in [2.45, 2.75) is 45.9 Å². The highest BCUT2D eigenvalue weighted by atomic mass is 127. The highest BCUT2D eigenvalue weighted by Gasteiger charge is 2.48. The van der Waals surface area contributed by atoms with Crippen LogP contribution in [0, 0.1) is 5.41 Å². The van der Waals surface area contributed by atoms with Gasteiger partial charge in [-0.2, -0.15) is 0 Å². The van der Waals surface area contributed by atoms with Crippen LogP contribution in [-0.4, -0.2) is 46.4 Å². The van der Waals surface area contributed by atoms with Gasteiger partial charge in [0.1, 0.15) is 6.54 Å². The lowest BCUT2D eigenvalue weighted by atomic mass is 9.64. The number of nitrogens with one attached hydrogen (secondary N) is 2. The molecule has 2 heterocycles. The Hall–Kier alpha value is -1.42. The lowest BCUT2D eigenvalue weighted by molar-refractivity contribution is -0.0922. The third-order valence-corrected chi connectivity index (χ3v) is 4.88. The number of pyridine rings is 1. The molecule has 25 heavy (non-hydrogen) atoms. The fraction of sp³-hybridized carbons (Fsp3) is 0.588. The van der Waals surface area contributed by atoms with Gasteiger partial charge in [-0.3, -0.25) is 4.40 Å². The zero-order chi connectivity index (χ0) is 17.2. The summed E-state index contributed by atoms with van der Waals surface area (Å²) in [6.07, 6.45) is 3.24. The van der Waals surface area contributed by atoms with Gasteiger partial charge >= 0.3 is 0 Å². The molecule has 2 aromatic heterocycles. The summed E-state index contributed by atoms with van der Waals surface area (Å²) in [6, 6.07) is 6.20. The third kappa shape index (κ3) is 4.05. The Morgan fingerprint density at radius 2 is 2.20 bits per heavy atom. The lowest BCUT2D eigenvalue weighted by Crippen LogP contribution is -2.63. The molecule has 1 aliphatic carbocycles. The maximum Gasteiger partial charge on any atom is 0.191 e. The van der Waals surface area contributed by atoms with E-state index < -0.39 is 0 Å². The smallest absolute Gasteiger partial charge is 0.191 e. The summed E-state index contributed by atoms with van der Waals surface area (Å²) in [5.74, 6) is 1.63. The van der Waals surface area contributed by atoms with Crippen LogP contribution in [0.1, 0.15) is 33.0 Å². The number of methoxy groups -OCH3 is 1. The van der Waals surface area contributed by atoms with E-state index in [4.69, 9.17) is 4.74 Å². The number of rotatable bonds is 5. The van der Waals surface area contributed by atoms with E-state index in [1.807, 2.05) is 28.8 Å². The first-order chi connectivity index (χ1) is 11.6. The number of fused-ring (bicyclic) bond motifs is 1. The van der Waals surface area contributed by atoms with Gasteiger partial charge in [-0.1, -0.05) is 19.9 Å². The molecule has 0 saturated heterocycles. The van der Waals surface area contributed by atoms with E-state index in [1.54, 1.807) is 7.11 Å². The molecule has 2 N–H and O–H groups in total. The van der Waals surface area contributed by atoms with Gasteiger partial charge in [-0.15, -0.1) is 34.2 Å². The molecule has 0 radical (unpaired) electrons. The SMILES string of the molecule is CCNC(=NCc1nnc2ccccn12)NC1CC(OC)C1(C)C.I. The summed E-state index contributed by atoms with van der Waals surface area (Å²) in [7, 11) is 1.78. The number of hydrogen-bond acceptors (Lipinski definition) is 4. The van der Waals surface area contributed by atoms with Crippen LogP contribution in [-0.2, 0) is 11.3 Å². The summed E-state index contributed by atoms with van der Waals surface area (Å²) < 4.78 is 7.48. The van der Waals surface area contributed by atoms with E-state index >= 15 is 0 Å². The second kappa shape index (κ2) is 8.31. The van der Waals surface area contributed by atoms with Crippen LogP contribution >= 0.6 is 24.0 Å². The van der Waals surface area contributed by atoms with Crippen molar-refractivity contribution >= 4 is 35.6 Å². The first-order valence-electron chi connectivity index (χ1n) is 8.42. The predicted octanol–water partition coefficient (Wildman–Crippen LogP) is 2.22. The molecule has 0 amide bonds. The molecule has 2 aromatic rings. The molecule has 138 valence electrons. The van der Waals surface area contributed by atoms with E-state index in [-0.39, 0.29) is 29.4 Å². The van der Waals surface area contributed by atoms with Crippen molar-refractivity contribution < 1.29 is 4.74 Å². The van der Waals surface area contributed by atoms with Crippen molar-refractivity contribution in [3.8, 4) is 0 Å². The van der Waals surface area contributed by atoms with E-state index in [0.717, 1.165) is 30.4 Å². The zero-order valence-corrected chi connectivity index (χ0v) is 17.5. The second-order valence-corrected chi connectivity index (χ2v) is 6.72. The van der Waals surface area contributed by atoms with Crippen LogP contribution in [0.3, 0.4) is 0 Å². The summed E-state index contributed by atoms with van der Waals surface area (Å²) in [6.45, 7) is 7.79. The fourth-order valence-corrected chi connectivity index (χ4v) is 3.16. The molecule has 0 aliphatic heterocycles. The Labute approximate surface area is 165 Å². The standard InChI is InChI=1S/C17H26N6O.HI/c1-5-18-16(20-12-10-13(24-4)17(12,2)3)19-11-15-22-21-14-8-6-7-9-23(14)15;/h6-9,12-13H,5,10-11H2,1-4H3,(H2,18,19,20);1H. The van der Waals surface area contributed by atoms with Gasteiger partial charge in [0.25, 0.3) is 0 Å². The Balaban J connectivity index is 0.00000225. The summed E-state index contributed by atoms with van der Waals surface area (Å²) in [5, 5.41) is 15.2. The van der Waals surface area contributed by atoms with Crippen molar-refractivity contribution in [1.29, 1.82) is 0 Å². The van der Waals surface area contributed by atoms with Gasteiger partial charge in [-0.05, 0) is 25.5 Å². The number of aromatic nitrogens is 3. The number of nitrogens with zero attached hydrogens (tertiary/aromatic N) is 4. The normalized spacial score (nSPS) is 22.2. The minimum absolute atomic E-state index is 0. The molecule has 7 nitrogen and oxygen atoms in total. The predicted molar refractivity (Wildman–Crippen MR) is 109 cm³/mol. The van der Waals surface area contributed by atoms with Gasteiger partial charge in [0.2, 0.25) is 0 Å². The Kier molecular flexibility index (Phi) is 6.61. The largest absolute Gasteiger partial charge is 0.381 e. The van der Waals surface area contributed by atoms with Crippen LogP contribution in [0.15, 0.2) is 29.4 Å². The maximum absolute atomic E-state index is 5.52. The van der Waals surface area contributed by atoms with Gasteiger partial charge in [-0.25, -0.2) is 4.99 Å². The topological polar surface area (TPSA) is 75.8 Å². The first-order valence-corrected chi connectivity index (χ1v) is 8.42. The van der Waals surface area contributed by atoms with Crippen LogP contribution in [0.5, 0.6) is 0 Å². The summed E-state index contributed by atoms with van der Waals surface area (Å²) in [4.78, 5) is 4.67. The van der Waals surface area contributed by atoms with Gasteiger partial charge in [0.05, 0.1) is 6.10 Å². The highest BCUT2D eigenvalue weighted by Crippen LogP contribution is 2.42. The average molecular weight is 458 g/mol. The number of halogens is 1. The molecule has 1 aliphatic rings. The Bertz CT molecular complexity index is 729. The van der Waals surface area contributed by atoms with E-state index in [9.17, 15) is 0 Å². The first kappa shape index (κ1) is 19.9. The number of hydrogen-bond donors (Lipinski definition) is 2. The minimum Gasteiger partial charge on any atom is -0.381 e. The van der Waals surface area contributed by atoms with Crippen molar-refractivity contribution in [3.05, 3.63) is 30.2 Å². The molecule has 8 heteroatoms. The molecule has 3 rings (SSSR count). The van der Waals surface area contributed by atoms with Crippen molar-refractivity contribution in [1.82, 2.24) is 25.2 Å². The molecule has 0 bridgehead atoms. The minimum atomic E-state index is 0. The molecular weight excluding hydrogens is 431 g/mol. The molecule has 1 saturated carbocycles. The van der Waals surface area contributed by atoms with Crippen molar-refractivity contribution in [2.24, 2.45) is 10.4 Å². The number of aliphatic imine (C=N–C) groups is 1. The number of guanidine groups is 1.